The van der Waals surface area contributed by atoms with Gasteiger partial charge in [0.25, 0.3) is 0 Å². The first-order chi connectivity index (χ1) is 8.42. The van der Waals surface area contributed by atoms with Gasteiger partial charge in [-0.15, -0.1) is 11.8 Å². The number of hydrogen-bond acceptors (Lipinski definition) is 4. The van der Waals surface area contributed by atoms with Crippen LogP contribution in [0.25, 0.3) is 0 Å². The van der Waals surface area contributed by atoms with Gasteiger partial charge in [-0.2, -0.15) is 0 Å². The standard InChI is InChI=1S/C13H15NO3S/c1-13(2,12(16)17-3)18-9-4-5-10-8(6-9)7-11(15)14-10/h4-6H,7H2,1-3H3,(H,14,15). The van der Waals surface area contributed by atoms with Crippen molar-refractivity contribution in [1.82, 2.24) is 0 Å². The summed E-state index contributed by atoms with van der Waals surface area (Å²) in [5.41, 5.74) is 1.84. The molecule has 2 rings (SSSR count). The molecule has 0 radical (unpaired) electrons. The largest absolute Gasteiger partial charge is 0.468 e. The van der Waals surface area contributed by atoms with Gasteiger partial charge in [-0.3, -0.25) is 9.59 Å². The highest BCUT2D eigenvalue weighted by Gasteiger charge is 2.30. The van der Waals surface area contributed by atoms with E-state index in [9.17, 15) is 9.59 Å². The topological polar surface area (TPSA) is 55.4 Å². The first-order valence-corrected chi connectivity index (χ1v) is 6.44. The maximum Gasteiger partial charge on any atom is 0.321 e. The van der Waals surface area contributed by atoms with Gasteiger partial charge >= 0.3 is 5.97 Å². The molecule has 1 aliphatic rings. The van der Waals surface area contributed by atoms with Crippen molar-refractivity contribution in [2.24, 2.45) is 0 Å². The van der Waals surface area contributed by atoms with Crippen molar-refractivity contribution >= 4 is 29.3 Å². The number of anilines is 1. The Morgan fingerprint density at radius 3 is 2.83 bits per heavy atom. The number of fused-ring (bicyclic) bond motifs is 1. The number of hydrogen-bond donors (Lipinski definition) is 1. The molecule has 1 aliphatic heterocycles. The third-order valence-corrected chi connectivity index (χ3v) is 3.92. The highest BCUT2D eigenvalue weighted by Crippen LogP contribution is 2.36. The summed E-state index contributed by atoms with van der Waals surface area (Å²) in [6.07, 6.45) is 0.405. The lowest BCUT2D eigenvalue weighted by Gasteiger charge is -2.20. The molecule has 4 nitrogen and oxygen atoms in total. The Balaban J connectivity index is 2.19. The summed E-state index contributed by atoms with van der Waals surface area (Å²) in [7, 11) is 1.38. The predicted molar refractivity (Wildman–Crippen MR) is 70.7 cm³/mol. The number of carbonyl (C=O) groups is 2. The molecule has 0 fully saturated rings. The molecular weight excluding hydrogens is 250 g/mol. The molecule has 1 heterocycles. The molecule has 18 heavy (non-hydrogen) atoms. The van der Waals surface area contributed by atoms with E-state index in [0.29, 0.717) is 6.42 Å². The van der Waals surface area contributed by atoms with E-state index in [2.05, 4.69) is 5.32 Å². The van der Waals surface area contributed by atoms with Crippen LogP contribution in [-0.4, -0.2) is 23.7 Å². The van der Waals surface area contributed by atoms with Crippen molar-refractivity contribution < 1.29 is 14.3 Å². The third kappa shape index (κ3) is 2.51. The Morgan fingerprint density at radius 1 is 1.44 bits per heavy atom. The monoisotopic (exact) mass is 265 g/mol. The first kappa shape index (κ1) is 13.0. The number of amides is 1. The van der Waals surface area contributed by atoms with Gasteiger partial charge in [-0.25, -0.2) is 0 Å². The Morgan fingerprint density at radius 2 is 2.17 bits per heavy atom. The lowest BCUT2D eigenvalue weighted by Crippen LogP contribution is -2.28. The minimum atomic E-state index is -0.640. The summed E-state index contributed by atoms with van der Waals surface area (Å²) in [6, 6.07) is 5.72. The van der Waals surface area contributed by atoms with Gasteiger partial charge in [0.15, 0.2) is 0 Å². The van der Waals surface area contributed by atoms with Crippen LogP contribution in [-0.2, 0) is 20.7 Å². The number of rotatable bonds is 3. The lowest BCUT2D eigenvalue weighted by molar-refractivity contribution is -0.142. The molecule has 1 aromatic carbocycles. The molecule has 1 N–H and O–H groups in total. The van der Waals surface area contributed by atoms with Crippen LogP contribution >= 0.6 is 11.8 Å². The normalized spacial score (nSPS) is 14.1. The molecule has 0 saturated heterocycles. The molecule has 96 valence electrons. The van der Waals surface area contributed by atoms with Crippen LogP contribution < -0.4 is 5.32 Å². The van der Waals surface area contributed by atoms with Crippen LogP contribution in [0.4, 0.5) is 5.69 Å². The Labute approximate surface area is 110 Å². The van der Waals surface area contributed by atoms with Gasteiger partial charge in [0, 0.05) is 10.6 Å². The second kappa shape index (κ2) is 4.65. The molecule has 0 spiro atoms. The second-order valence-corrected chi connectivity index (χ2v) is 6.34. The van der Waals surface area contributed by atoms with Crippen molar-refractivity contribution in [1.29, 1.82) is 0 Å². The minimum Gasteiger partial charge on any atom is -0.468 e. The maximum absolute atomic E-state index is 11.6. The number of thioether (sulfide) groups is 1. The van der Waals surface area contributed by atoms with E-state index in [1.165, 1.54) is 18.9 Å². The van der Waals surface area contributed by atoms with Crippen LogP contribution in [0.2, 0.25) is 0 Å². The lowest BCUT2D eigenvalue weighted by atomic mass is 10.2. The number of ether oxygens (including phenoxy) is 1. The van der Waals surface area contributed by atoms with Crippen molar-refractivity contribution in [2.45, 2.75) is 29.9 Å². The molecule has 1 amide bonds. The first-order valence-electron chi connectivity index (χ1n) is 5.62. The number of nitrogens with one attached hydrogen (secondary N) is 1. The molecule has 1 aromatic rings. The summed E-state index contributed by atoms with van der Waals surface area (Å²) in [5.74, 6) is -0.249. The quantitative estimate of drug-likeness (QED) is 0.672. The average Bonchev–Trinajstić information content (AvgIpc) is 2.66. The van der Waals surface area contributed by atoms with Gasteiger partial charge in [0.2, 0.25) is 5.91 Å². The SMILES string of the molecule is COC(=O)C(C)(C)Sc1ccc2c(c1)CC(=O)N2. The van der Waals surface area contributed by atoms with Crippen molar-refractivity contribution in [3.05, 3.63) is 23.8 Å². The van der Waals surface area contributed by atoms with Crippen LogP contribution in [0.3, 0.4) is 0 Å². The summed E-state index contributed by atoms with van der Waals surface area (Å²) in [4.78, 5) is 23.8. The number of methoxy groups -OCH3 is 1. The third-order valence-electron chi connectivity index (χ3n) is 2.75. The zero-order valence-electron chi connectivity index (χ0n) is 10.6. The summed E-state index contributed by atoms with van der Waals surface area (Å²) in [6.45, 7) is 3.64. The van der Waals surface area contributed by atoms with E-state index >= 15 is 0 Å². The number of esters is 1. The van der Waals surface area contributed by atoms with Gasteiger partial charge in [-0.1, -0.05) is 0 Å². The Hall–Kier alpha value is -1.49. The van der Waals surface area contributed by atoms with Gasteiger partial charge in [-0.05, 0) is 37.6 Å². The Kier molecular flexibility index (Phi) is 3.34. The molecule has 0 atom stereocenters. The van der Waals surface area contributed by atoms with Gasteiger partial charge < -0.3 is 10.1 Å². The van der Waals surface area contributed by atoms with Crippen molar-refractivity contribution in [3.8, 4) is 0 Å². The number of carbonyl (C=O) groups excluding carboxylic acids is 2. The van der Waals surface area contributed by atoms with Crippen LogP contribution in [0.1, 0.15) is 19.4 Å². The van der Waals surface area contributed by atoms with E-state index in [1.54, 1.807) is 0 Å². The Bertz CT molecular complexity index is 511. The number of benzene rings is 1. The fourth-order valence-corrected chi connectivity index (χ4v) is 2.94. The summed E-state index contributed by atoms with van der Waals surface area (Å²) >= 11 is 1.43. The molecule has 0 bridgehead atoms. The molecule has 0 aromatic heterocycles. The van der Waals surface area contributed by atoms with E-state index < -0.39 is 4.75 Å². The van der Waals surface area contributed by atoms with Gasteiger partial charge in [0.1, 0.15) is 4.75 Å². The summed E-state index contributed by atoms with van der Waals surface area (Å²) in [5, 5.41) is 2.78. The highest BCUT2D eigenvalue weighted by atomic mass is 32.2. The molecular formula is C13H15NO3S. The van der Waals surface area contributed by atoms with Crippen LogP contribution in [0, 0.1) is 0 Å². The zero-order chi connectivity index (χ0) is 13.3. The predicted octanol–water partition coefficient (Wildman–Crippen LogP) is 2.22. The van der Waals surface area contributed by atoms with Crippen molar-refractivity contribution in [2.75, 3.05) is 12.4 Å². The summed E-state index contributed by atoms with van der Waals surface area (Å²) < 4.78 is 4.13. The minimum absolute atomic E-state index is 0.0133. The van der Waals surface area contributed by atoms with Crippen LogP contribution in [0.5, 0.6) is 0 Å². The molecule has 0 unspecified atom stereocenters. The second-order valence-electron chi connectivity index (χ2n) is 4.65. The fourth-order valence-electron chi connectivity index (χ4n) is 1.85. The zero-order valence-corrected chi connectivity index (χ0v) is 11.4. The highest BCUT2D eigenvalue weighted by molar-refractivity contribution is 8.01. The van der Waals surface area contributed by atoms with E-state index in [4.69, 9.17) is 4.74 Å². The maximum atomic E-state index is 11.6. The molecule has 0 saturated carbocycles. The van der Waals surface area contributed by atoms with E-state index in [1.807, 2.05) is 32.0 Å². The van der Waals surface area contributed by atoms with Crippen molar-refractivity contribution in [3.63, 3.8) is 0 Å². The van der Waals surface area contributed by atoms with Gasteiger partial charge in [0.05, 0.1) is 13.5 Å². The fraction of sp³-hybridized carbons (Fsp3) is 0.385. The smallest absolute Gasteiger partial charge is 0.321 e. The van der Waals surface area contributed by atoms with E-state index in [0.717, 1.165) is 16.1 Å². The van der Waals surface area contributed by atoms with Crippen LogP contribution in [0.15, 0.2) is 23.1 Å². The average molecular weight is 265 g/mol. The molecule has 0 aliphatic carbocycles. The molecule has 5 heteroatoms. The van der Waals surface area contributed by atoms with E-state index in [-0.39, 0.29) is 11.9 Å².